The number of piperidine rings is 2. The third-order valence-corrected chi connectivity index (χ3v) is 5.68. The van der Waals surface area contributed by atoms with Crippen molar-refractivity contribution in [2.75, 3.05) is 32.8 Å². The van der Waals surface area contributed by atoms with Gasteiger partial charge in [0, 0.05) is 49.9 Å². The molecule has 0 atom stereocenters. The fraction of sp³-hybridized carbons (Fsp3) is 0.737. The van der Waals surface area contributed by atoms with E-state index in [-0.39, 0.29) is 17.9 Å². The molecule has 0 bridgehead atoms. The number of carbonyl (C=O) groups is 1. The summed E-state index contributed by atoms with van der Waals surface area (Å²) in [4.78, 5) is 25.2. The maximum Gasteiger partial charge on any atom is 0.222 e. The van der Waals surface area contributed by atoms with Gasteiger partial charge in [-0.2, -0.15) is 0 Å². The highest BCUT2D eigenvalue weighted by molar-refractivity contribution is 5.77. The van der Waals surface area contributed by atoms with E-state index in [1.807, 2.05) is 17.3 Å². The van der Waals surface area contributed by atoms with Crippen molar-refractivity contribution < 1.29 is 9.90 Å². The molecule has 6 nitrogen and oxygen atoms in total. The first-order valence-corrected chi connectivity index (χ1v) is 9.43. The molecule has 138 valence electrons. The molecule has 1 spiro atoms. The van der Waals surface area contributed by atoms with Crippen LogP contribution in [0.1, 0.15) is 56.8 Å². The van der Waals surface area contributed by atoms with Gasteiger partial charge in [0.05, 0.1) is 6.61 Å². The summed E-state index contributed by atoms with van der Waals surface area (Å²) in [7, 11) is 0. The summed E-state index contributed by atoms with van der Waals surface area (Å²) in [6.07, 6.45) is 7.77. The average molecular weight is 346 g/mol. The maximum absolute atomic E-state index is 12.0. The van der Waals surface area contributed by atoms with Gasteiger partial charge in [0.1, 0.15) is 5.82 Å². The van der Waals surface area contributed by atoms with Crippen LogP contribution in [-0.2, 0) is 11.3 Å². The standard InChI is InChI=1S/C19H30N4O2/c1-15(2)18-20-11-16(12-21-18)13-22-7-5-19(6-8-22)4-3-17(25)23(14-19)9-10-24/h11-12,15,24H,3-10,13-14H2,1-2H3. The van der Waals surface area contributed by atoms with Crippen LogP contribution in [0.25, 0.3) is 0 Å². The van der Waals surface area contributed by atoms with Crippen molar-refractivity contribution in [3.8, 4) is 0 Å². The Bertz CT molecular complexity index is 580. The Morgan fingerprint density at radius 1 is 1.20 bits per heavy atom. The van der Waals surface area contributed by atoms with Crippen molar-refractivity contribution in [1.29, 1.82) is 0 Å². The minimum absolute atomic E-state index is 0.0559. The van der Waals surface area contributed by atoms with Crippen molar-refractivity contribution in [3.05, 3.63) is 23.8 Å². The van der Waals surface area contributed by atoms with E-state index >= 15 is 0 Å². The highest BCUT2D eigenvalue weighted by atomic mass is 16.3. The quantitative estimate of drug-likeness (QED) is 0.880. The van der Waals surface area contributed by atoms with Crippen molar-refractivity contribution in [2.45, 2.75) is 52.0 Å². The molecule has 3 heterocycles. The minimum Gasteiger partial charge on any atom is -0.395 e. The molecule has 0 unspecified atom stereocenters. The van der Waals surface area contributed by atoms with Crippen LogP contribution in [-0.4, -0.2) is 63.6 Å². The molecule has 0 radical (unpaired) electrons. The number of aromatic nitrogens is 2. The maximum atomic E-state index is 12.0. The molecule has 1 aromatic rings. The molecule has 6 heteroatoms. The normalized spacial score (nSPS) is 21.3. The van der Waals surface area contributed by atoms with E-state index in [2.05, 4.69) is 28.7 Å². The van der Waals surface area contributed by atoms with Crippen LogP contribution >= 0.6 is 0 Å². The molecule has 0 saturated carbocycles. The van der Waals surface area contributed by atoms with Gasteiger partial charge in [-0.1, -0.05) is 13.8 Å². The summed E-state index contributed by atoms with van der Waals surface area (Å²) < 4.78 is 0. The van der Waals surface area contributed by atoms with Gasteiger partial charge < -0.3 is 10.0 Å². The number of aliphatic hydroxyl groups is 1. The molecule has 3 rings (SSSR count). The predicted octanol–water partition coefficient (Wildman–Crippen LogP) is 1.80. The van der Waals surface area contributed by atoms with E-state index in [1.54, 1.807) is 0 Å². The van der Waals surface area contributed by atoms with E-state index in [1.165, 1.54) is 5.56 Å². The molecule has 2 aliphatic heterocycles. The topological polar surface area (TPSA) is 69.6 Å². The molecule has 25 heavy (non-hydrogen) atoms. The van der Waals surface area contributed by atoms with Gasteiger partial charge in [0.15, 0.2) is 0 Å². The second-order valence-electron chi connectivity index (χ2n) is 7.92. The van der Waals surface area contributed by atoms with Gasteiger partial charge in [-0.15, -0.1) is 0 Å². The molecule has 2 fully saturated rings. The Labute approximate surface area is 150 Å². The lowest BCUT2D eigenvalue weighted by atomic mass is 9.72. The van der Waals surface area contributed by atoms with E-state index in [0.717, 1.165) is 51.3 Å². The lowest BCUT2D eigenvalue weighted by Crippen LogP contribution is -2.51. The molecular weight excluding hydrogens is 316 g/mol. The Morgan fingerprint density at radius 2 is 1.88 bits per heavy atom. The third kappa shape index (κ3) is 4.36. The highest BCUT2D eigenvalue weighted by Gasteiger charge is 2.40. The number of hydrogen-bond acceptors (Lipinski definition) is 5. The first-order chi connectivity index (χ1) is 12.0. The molecule has 2 saturated heterocycles. The predicted molar refractivity (Wildman–Crippen MR) is 96.0 cm³/mol. The fourth-order valence-electron chi connectivity index (χ4n) is 4.02. The van der Waals surface area contributed by atoms with Crippen molar-refractivity contribution >= 4 is 5.91 Å². The molecule has 2 aliphatic rings. The molecule has 0 aliphatic carbocycles. The molecule has 1 aromatic heterocycles. The Kier molecular flexibility index (Phi) is 5.69. The molecule has 0 aromatic carbocycles. The van der Waals surface area contributed by atoms with Crippen LogP contribution in [0.5, 0.6) is 0 Å². The summed E-state index contributed by atoms with van der Waals surface area (Å²) >= 11 is 0. The van der Waals surface area contributed by atoms with Crippen LogP contribution in [0, 0.1) is 5.41 Å². The molecule has 1 amide bonds. The summed E-state index contributed by atoms with van der Waals surface area (Å²) in [5, 5.41) is 9.17. The van der Waals surface area contributed by atoms with Crippen molar-refractivity contribution in [1.82, 2.24) is 19.8 Å². The monoisotopic (exact) mass is 346 g/mol. The molecule has 1 N–H and O–H groups in total. The number of amides is 1. The number of rotatable bonds is 5. The minimum atomic E-state index is 0.0559. The Morgan fingerprint density at radius 3 is 2.48 bits per heavy atom. The van der Waals surface area contributed by atoms with E-state index < -0.39 is 0 Å². The second-order valence-corrected chi connectivity index (χ2v) is 7.92. The van der Waals surface area contributed by atoms with Gasteiger partial charge in [0.25, 0.3) is 0 Å². The van der Waals surface area contributed by atoms with E-state index in [0.29, 0.717) is 18.9 Å². The van der Waals surface area contributed by atoms with Gasteiger partial charge in [-0.05, 0) is 37.8 Å². The number of hydrogen-bond donors (Lipinski definition) is 1. The van der Waals surface area contributed by atoms with Gasteiger partial charge in [-0.3, -0.25) is 9.69 Å². The number of nitrogens with zero attached hydrogens (tertiary/aromatic N) is 4. The van der Waals surface area contributed by atoms with Crippen LogP contribution in [0.15, 0.2) is 12.4 Å². The summed E-state index contributed by atoms with van der Waals surface area (Å²) in [6.45, 7) is 8.55. The fourth-order valence-corrected chi connectivity index (χ4v) is 4.02. The van der Waals surface area contributed by atoms with Gasteiger partial charge in [0.2, 0.25) is 5.91 Å². The SMILES string of the molecule is CC(C)c1ncc(CN2CCC3(CCC(=O)N(CCO)C3)CC2)cn1. The van der Waals surface area contributed by atoms with Crippen molar-refractivity contribution in [2.24, 2.45) is 5.41 Å². The summed E-state index contributed by atoms with van der Waals surface area (Å²) in [5.41, 5.74) is 1.42. The Hall–Kier alpha value is -1.53. The zero-order valence-corrected chi connectivity index (χ0v) is 15.4. The Balaban J connectivity index is 1.54. The number of carbonyl (C=O) groups excluding carboxylic acids is 1. The van der Waals surface area contributed by atoms with E-state index in [9.17, 15) is 4.79 Å². The largest absolute Gasteiger partial charge is 0.395 e. The summed E-state index contributed by atoms with van der Waals surface area (Å²) in [6, 6.07) is 0. The summed E-state index contributed by atoms with van der Waals surface area (Å²) in [5.74, 6) is 1.46. The lowest BCUT2D eigenvalue weighted by Gasteiger charge is -2.47. The van der Waals surface area contributed by atoms with Crippen molar-refractivity contribution in [3.63, 3.8) is 0 Å². The number of β-amino-alcohol motifs (C(OH)–C–C–N with tert-alkyl or cyclic N) is 1. The second kappa shape index (κ2) is 7.79. The third-order valence-electron chi connectivity index (χ3n) is 5.68. The lowest BCUT2D eigenvalue weighted by molar-refractivity contribution is -0.139. The van der Waals surface area contributed by atoms with E-state index in [4.69, 9.17) is 5.11 Å². The van der Waals surface area contributed by atoms with Crippen LogP contribution < -0.4 is 0 Å². The van der Waals surface area contributed by atoms with Crippen LogP contribution in [0.2, 0.25) is 0 Å². The first kappa shape index (κ1) is 18.3. The highest BCUT2D eigenvalue weighted by Crippen LogP contribution is 2.40. The molecular formula is C19H30N4O2. The first-order valence-electron chi connectivity index (χ1n) is 9.43. The number of likely N-dealkylation sites (tertiary alicyclic amines) is 2. The zero-order chi connectivity index (χ0) is 17.9. The number of aliphatic hydroxyl groups excluding tert-OH is 1. The average Bonchev–Trinajstić information content (AvgIpc) is 2.61. The van der Waals surface area contributed by atoms with Gasteiger partial charge >= 0.3 is 0 Å². The van der Waals surface area contributed by atoms with Crippen LogP contribution in [0.4, 0.5) is 0 Å². The smallest absolute Gasteiger partial charge is 0.222 e. The van der Waals surface area contributed by atoms with Crippen LogP contribution in [0.3, 0.4) is 0 Å². The van der Waals surface area contributed by atoms with Gasteiger partial charge in [-0.25, -0.2) is 9.97 Å². The zero-order valence-electron chi connectivity index (χ0n) is 15.4.